The number of pyridine rings is 1. The summed E-state index contributed by atoms with van der Waals surface area (Å²) in [5.41, 5.74) is 3.01. The molecule has 1 aromatic heterocycles. The van der Waals surface area contributed by atoms with Gasteiger partial charge in [-0.3, -0.25) is 14.6 Å². The molecule has 2 aliphatic rings. The van der Waals surface area contributed by atoms with E-state index in [2.05, 4.69) is 11.1 Å². The highest BCUT2D eigenvalue weighted by Gasteiger charge is 2.29. The minimum Gasteiger partial charge on any atom is -0.336 e. The van der Waals surface area contributed by atoms with E-state index >= 15 is 0 Å². The molecule has 0 bridgehead atoms. The number of likely N-dealkylation sites (tertiary alicyclic amines) is 1. The lowest BCUT2D eigenvalue weighted by atomic mass is 9.96. The Bertz CT molecular complexity index is 821. The van der Waals surface area contributed by atoms with Crippen LogP contribution >= 0.6 is 0 Å². The van der Waals surface area contributed by atoms with Crippen molar-refractivity contribution in [2.75, 3.05) is 13.1 Å². The lowest BCUT2D eigenvalue weighted by molar-refractivity contribution is -0.135. The van der Waals surface area contributed by atoms with Gasteiger partial charge in [-0.15, -0.1) is 0 Å². The molecule has 1 saturated heterocycles. The second kappa shape index (κ2) is 7.91. The summed E-state index contributed by atoms with van der Waals surface area (Å²) in [5.74, 6) is 0.275. The van der Waals surface area contributed by atoms with Crippen molar-refractivity contribution in [3.8, 4) is 0 Å². The molecule has 1 fully saturated rings. The predicted molar refractivity (Wildman–Crippen MR) is 103 cm³/mol. The first-order valence-corrected chi connectivity index (χ1v) is 9.80. The molecule has 4 rings (SSSR count). The lowest BCUT2D eigenvalue weighted by Gasteiger charge is -2.36. The fourth-order valence-electron chi connectivity index (χ4n) is 4.21. The molecule has 5 nitrogen and oxygen atoms in total. The van der Waals surface area contributed by atoms with E-state index in [0.29, 0.717) is 25.9 Å². The number of amides is 2. The summed E-state index contributed by atoms with van der Waals surface area (Å²) in [7, 11) is 0. The minimum atomic E-state index is 0.0873. The molecular weight excluding hydrogens is 338 g/mol. The van der Waals surface area contributed by atoms with E-state index in [9.17, 15) is 9.59 Å². The van der Waals surface area contributed by atoms with Crippen LogP contribution in [-0.4, -0.2) is 39.7 Å². The molecule has 0 N–H and O–H groups in total. The maximum Gasteiger partial charge on any atom is 0.254 e. The number of rotatable bonds is 5. The molecule has 0 radical (unpaired) electrons. The molecule has 0 saturated carbocycles. The molecule has 2 aromatic rings. The van der Waals surface area contributed by atoms with Crippen LogP contribution in [0.3, 0.4) is 0 Å². The van der Waals surface area contributed by atoms with Gasteiger partial charge in [0.2, 0.25) is 5.91 Å². The third kappa shape index (κ3) is 3.72. The maximum absolute atomic E-state index is 12.9. The van der Waals surface area contributed by atoms with Gasteiger partial charge in [-0.2, -0.15) is 0 Å². The van der Waals surface area contributed by atoms with Crippen molar-refractivity contribution in [3.05, 3.63) is 65.5 Å². The van der Waals surface area contributed by atoms with Gasteiger partial charge >= 0.3 is 0 Å². The third-order valence-corrected chi connectivity index (χ3v) is 5.61. The first-order chi connectivity index (χ1) is 13.2. The van der Waals surface area contributed by atoms with Gasteiger partial charge in [-0.25, -0.2) is 0 Å². The van der Waals surface area contributed by atoms with Gasteiger partial charge in [0.1, 0.15) is 0 Å². The molecule has 2 aliphatic heterocycles. The first-order valence-electron chi connectivity index (χ1n) is 9.80. The largest absolute Gasteiger partial charge is 0.336 e. The summed E-state index contributed by atoms with van der Waals surface area (Å²) < 4.78 is 0. The summed E-state index contributed by atoms with van der Waals surface area (Å²) >= 11 is 0. The molecule has 5 heteroatoms. The van der Waals surface area contributed by atoms with Gasteiger partial charge in [-0.05, 0) is 48.9 Å². The van der Waals surface area contributed by atoms with Crippen LogP contribution in [0.25, 0.3) is 0 Å². The Kier molecular flexibility index (Phi) is 5.19. The van der Waals surface area contributed by atoms with Crippen LogP contribution in [0.5, 0.6) is 0 Å². The minimum absolute atomic E-state index is 0.0873. The van der Waals surface area contributed by atoms with Gasteiger partial charge in [0.25, 0.3) is 5.91 Å². The molecule has 140 valence electrons. The summed E-state index contributed by atoms with van der Waals surface area (Å²) in [6.07, 6.45) is 8.02. The number of hydrogen-bond acceptors (Lipinski definition) is 3. The molecule has 27 heavy (non-hydrogen) atoms. The van der Waals surface area contributed by atoms with Crippen molar-refractivity contribution >= 4 is 11.8 Å². The normalized spacial score (nSPS) is 19.3. The number of piperidine rings is 1. The Morgan fingerprint density at radius 3 is 2.85 bits per heavy atom. The van der Waals surface area contributed by atoms with Crippen molar-refractivity contribution in [2.24, 2.45) is 0 Å². The summed E-state index contributed by atoms with van der Waals surface area (Å²) in [4.78, 5) is 33.4. The highest BCUT2D eigenvalue weighted by atomic mass is 16.2. The van der Waals surface area contributed by atoms with Gasteiger partial charge in [0, 0.05) is 44.0 Å². The second-order valence-corrected chi connectivity index (χ2v) is 7.37. The van der Waals surface area contributed by atoms with Gasteiger partial charge in [-0.1, -0.05) is 24.3 Å². The summed E-state index contributed by atoms with van der Waals surface area (Å²) in [6.45, 7) is 2.10. The van der Waals surface area contributed by atoms with Gasteiger partial charge < -0.3 is 9.80 Å². The van der Waals surface area contributed by atoms with Gasteiger partial charge in [0.05, 0.1) is 6.04 Å². The van der Waals surface area contributed by atoms with Crippen LogP contribution < -0.4 is 0 Å². The number of hydrogen-bond donors (Lipinski definition) is 0. The van der Waals surface area contributed by atoms with E-state index in [1.54, 1.807) is 6.20 Å². The SMILES string of the molecule is O=C1c2ccccc2CN1CCCC(=O)N1CCCC[C@H]1c1cccnc1. The van der Waals surface area contributed by atoms with E-state index < -0.39 is 0 Å². The highest BCUT2D eigenvalue weighted by molar-refractivity contribution is 5.98. The molecular formula is C22H25N3O2. The molecule has 1 aromatic carbocycles. The number of aromatic nitrogens is 1. The standard InChI is InChI=1S/C22H25N3O2/c26-21(25-14-4-3-10-20(25)17-8-5-12-23-15-17)11-6-13-24-16-18-7-1-2-9-19(18)22(24)27/h1-2,5,7-9,12,15,20H,3-4,6,10-11,13-14,16H2/t20-/m0/s1. The Hall–Kier alpha value is -2.69. The quantitative estimate of drug-likeness (QED) is 0.816. The molecule has 0 aliphatic carbocycles. The average Bonchev–Trinajstić information content (AvgIpc) is 3.04. The van der Waals surface area contributed by atoms with Crippen LogP contribution in [0.4, 0.5) is 0 Å². The monoisotopic (exact) mass is 363 g/mol. The van der Waals surface area contributed by atoms with E-state index in [4.69, 9.17) is 0 Å². The fourth-order valence-corrected chi connectivity index (χ4v) is 4.21. The number of carbonyl (C=O) groups excluding carboxylic acids is 2. The average molecular weight is 363 g/mol. The topological polar surface area (TPSA) is 53.5 Å². The molecule has 2 amide bonds. The molecule has 0 spiro atoms. The summed E-state index contributed by atoms with van der Waals surface area (Å²) in [6, 6.07) is 11.9. The fraction of sp³-hybridized carbons (Fsp3) is 0.409. The van der Waals surface area contributed by atoms with Crippen molar-refractivity contribution in [1.29, 1.82) is 0 Å². The van der Waals surface area contributed by atoms with Crippen LogP contribution in [0.2, 0.25) is 0 Å². The molecule has 3 heterocycles. The van der Waals surface area contributed by atoms with Crippen LogP contribution in [0.15, 0.2) is 48.8 Å². The number of nitrogens with zero attached hydrogens (tertiary/aromatic N) is 3. The Morgan fingerprint density at radius 2 is 2.04 bits per heavy atom. The Balaban J connectivity index is 1.33. The Morgan fingerprint density at radius 1 is 1.15 bits per heavy atom. The van der Waals surface area contributed by atoms with Crippen LogP contribution in [0.1, 0.15) is 59.6 Å². The zero-order valence-electron chi connectivity index (χ0n) is 15.5. The zero-order valence-corrected chi connectivity index (χ0v) is 15.5. The van der Waals surface area contributed by atoms with E-state index in [1.807, 2.05) is 46.3 Å². The van der Waals surface area contributed by atoms with Crippen LogP contribution in [0, 0.1) is 0 Å². The third-order valence-electron chi connectivity index (χ3n) is 5.61. The smallest absolute Gasteiger partial charge is 0.254 e. The van der Waals surface area contributed by atoms with E-state index in [0.717, 1.165) is 42.5 Å². The number of carbonyl (C=O) groups is 2. The molecule has 1 atom stereocenters. The maximum atomic E-state index is 12.9. The van der Waals surface area contributed by atoms with Crippen molar-refractivity contribution in [1.82, 2.24) is 14.8 Å². The summed E-state index contributed by atoms with van der Waals surface area (Å²) in [5, 5.41) is 0. The first kappa shape index (κ1) is 17.7. The van der Waals surface area contributed by atoms with Crippen molar-refractivity contribution < 1.29 is 9.59 Å². The molecule has 0 unspecified atom stereocenters. The predicted octanol–water partition coefficient (Wildman–Crippen LogP) is 3.57. The second-order valence-electron chi connectivity index (χ2n) is 7.37. The van der Waals surface area contributed by atoms with Crippen molar-refractivity contribution in [3.63, 3.8) is 0 Å². The number of fused-ring (bicyclic) bond motifs is 1. The van der Waals surface area contributed by atoms with Crippen LogP contribution in [-0.2, 0) is 11.3 Å². The Labute approximate surface area is 160 Å². The number of benzene rings is 1. The highest BCUT2D eigenvalue weighted by Crippen LogP contribution is 2.31. The zero-order chi connectivity index (χ0) is 18.6. The van der Waals surface area contributed by atoms with Gasteiger partial charge in [0.15, 0.2) is 0 Å². The van der Waals surface area contributed by atoms with Crippen molar-refractivity contribution in [2.45, 2.75) is 44.7 Å². The van der Waals surface area contributed by atoms with E-state index in [1.165, 1.54) is 0 Å². The van der Waals surface area contributed by atoms with E-state index in [-0.39, 0.29) is 17.9 Å². The lowest BCUT2D eigenvalue weighted by Crippen LogP contribution is -2.38.